The van der Waals surface area contributed by atoms with Gasteiger partial charge in [-0.1, -0.05) is 13.8 Å². The molecule has 0 aliphatic heterocycles. The van der Waals surface area contributed by atoms with E-state index in [1.807, 2.05) is 13.8 Å². The zero-order chi connectivity index (χ0) is 33.5. The second kappa shape index (κ2) is 24.6. The van der Waals surface area contributed by atoms with Gasteiger partial charge in [-0.3, -0.25) is 24.0 Å². The first-order valence-corrected chi connectivity index (χ1v) is 15.9. The largest absolute Gasteiger partial charge is 0.345 e. The van der Waals surface area contributed by atoms with Crippen molar-refractivity contribution in [1.29, 1.82) is 0 Å². The lowest BCUT2D eigenvalue weighted by Gasteiger charge is -2.27. The number of hydrogen-bond acceptors (Lipinski definition) is 11. The fourth-order valence-corrected chi connectivity index (χ4v) is 4.58. The molecule has 15 N–H and O–H groups in total. The Bertz CT molecular complexity index is 860. The smallest absolute Gasteiger partial charge is 0.243 e. The van der Waals surface area contributed by atoms with Crippen molar-refractivity contribution in [2.24, 2.45) is 28.7 Å². The van der Waals surface area contributed by atoms with Crippen LogP contribution in [-0.4, -0.2) is 98.4 Å². The SMILES string of the molecule is CC(=O)C(CCCN)NC(=O)C(CCCN)NC(=O)C(CCCN)NC(=O)C(CCCN)NC(=O)C(CCCN)NC(C)C. The highest BCUT2D eigenvalue weighted by Crippen LogP contribution is 2.07. The molecule has 0 bridgehead atoms. The van der Waals surface area contributed by atoms with Gasteiger partial charge in [-0.15, -0.1) is 0 Å². The molecule has 0 spiro atoms. The van der Waals surface area contributed by atoms with Crippen LogP contribution in [0.5, 0.6) is 0 Å². The molecule has 44 heavy (non-hydrogen) atoms. The van der Waals surface area contributed by atoms with Crippen molar-refractivity contribution in [3.8, 4) is 0 Å². The zero-order valence-corrected chi connectivity index (χ0v) is 27.0. The van der Waals surface area contributed by atoms with Crippen LogP contribution in [0.25, 0.3) is 0 Å². The number of ketones is 1. The van der Waals surface area contributed by atoms with Gasteiger partial charge in [-0.25, -0.2) is 0 Å². The van der Waals surface area contributed by atoms with Gasteiger partial charge >= 0.3 is 0 Å². The van der Waals surface area contributed by atoms with Crippen LogP contribution in [0.1, 0.15) is 85.0 Å². The van der Waals surface area contributed by atoms with Gasteiger partial charge in [0.25, 0.3) is 0 Å². The monoisotopic (exact) mass is 628 g/mol. The third-order valence-corrected chi connectivity index (χ3v) is 7.04. The van der Waals surface area contributed by atoms with Crippen LogP contribution in [-0.2, 0) is 24.0 Å². The van der Waals surface area contributed by atoms with Gasteiger partial charge < -0.3 is 55.3 Å². The Morgan fingerprint density at radius 3 is 0.977 bits per heavy atom. The summed E-state index contributed by atoms with van der Waals surface area (Å²) in [6, 6.07) is -4.21. The fraction of sp³-hybridized carbons (Fsp3) is 0.828. The molecule has 15 nitrogen and oxygen atoms in total. The molecule has 0 heterocycles. The van der Waals surface area contributed by atoms with Gasteiger partial charge in [0.15, 0.2) is 5.78 Å². The summed E-state index contributed by atoms with van der Waals surface area (Å²) in [5.41, 5.74) is 28.3. The lowest BCUT2D eigenvalue weighted by molar-refractivity contribution is -0.135. The molecule has 0 aromatic carbocycles. The molecule has 0 aliphatic carbocycles. The van der Waals surface area contributed by atoms with Crippen LogP contribution in [0.15, 0.2) is 0 Å². The molecule has 256 valence electrons. The molecular weight excluding hydrogens is 568 g/mol. The maximum Gasteiger partial charge on any atom is 0.243 e. The second-order valence-electron chi connectivity index (χ2n) is 11.4. The number of rotatable bonds is 26. The van der Waals surface area contributed by atoms with E-state index in [4.69, 9.17) is 28.7 Å². The number of hydrogen-bond donors (Lipinski definition) is 10. The Morgan fingerprint density at radius 2 is 0.705 bits per heavy atom. The fourth-order valence-electron chi connectivity index (χ4n) is 4.58. The normalized spacial score (nSPS) is 14.7. The lowest BCUT2D eigenvalue weighted by Crippen LogP contribution is -2.59. The van der Waals surface area contributed by atoms with E-state index in [1.165, 1.54) is 6.92 Å². The third kappa shape index (κ3) is 17.6. The number of carbonyl (C=O) groups excluding carboxylic acids is 5. The highest BCUT2D eigenvalue weighted by molar-refractivity contribution is 5.95. The number of amides is 4. The van der Waals surface area contributed by atoms with Gasteiger partial charge in [0.05, 0.1) is 12.1 Å². The van der Waals surface area contributed by atoms with E-state index >= 15 is 0 Å². The van der Waals surface area contributed by atoms with Crippen molar-refractivity contribution in [2.75, 3.05) is 32.7 Å². The zero-order valence-electron chi connectivity index (χ0n) is 27.0. The molecule has 0 aliphatic rings. The van der Waals surface area contributed by atoms with E-state index in [0.717, 1.165) is 0 Å². The summed E-state index contributed by atoms with van der Waals surface area (Å²) in [6.07, 6.45) is 4.06. The van der Waals surface area contributed by atoms with Crippen LogP contribution in [0.2, 0.25) is 0 Å². The molecule has 0 rings (SSSR count). The van der Waals surface area contributed by atoms with E-state index < -0.39 is 47.9 Å². The van der Waals surface area contributed by atoms with Crippen LogP contribution in [0.4, 0.5) is 0 Å². The Labute approximate surface area is 262 Å². The summed E-state index contributed by atoms with van der Waals surface area (Å²) in [4.78, 5) is 65.4. The quantitative estimate of drug-likeness (QED) is 0.0481. The minimum Gasteiger partial charge on any atom is -0.345 e. The molecule has 0 fully saturated rings. The van der Waals surface area contributed by atoms with Gasteiger partial charge in [0.2, 0.25) is 23.6 Å². The molecule has 0 aromatic rings. The Hall–Kier alpha value is -2.69. The van der Waals surface area contributed by atoms with Crippen molar-refractivity contribution in [3.05, 3.63) is 0 Å². The van der Waals surface area contributed by atoms with Gasteiger partial charge in [0.1, 0.15) is 18.1 Å². The highest BCUT2D eigenvalue weighted by atomic mass is 16.2. The average molecular weight is 629 g/mol. The summed E-state index contributed by atoms with van der Waals surface area (Å²) in [6.45, 7) is 6.88. The second-order valence-corrected chi connectivity index (χ2v) is 11.4. The van der Waals surface area contributed by atoms with E-state index in [2.05, 4.69) is 26.6 Å². The topological polar surface area (TPSA) is 276 Å². The summed E-state index contributed by atoms with van der Waals surface area (Å²) < 4.78 is 0. The molecule has 0 saturated heterocycles. The maximum atomic E-state index is 13.5. The summed E-state index contributed by atoms with van der Waals surface area (Å²) in [5, 5.41) is 14.2. The first-order chi connectivity index (χ1) is 20.9. The number of Topliss-reactive ketones (excluding diaryl/α,β-unsaturated/α-hetero) is 1. The Kier molecular flexibility index (Phi) is 23.1. The standard InChI is InChI=1S/C29H60N10O5/c1-19(2)35-22(10-5-15-31)26(41)37-24(12-7-17-33)28(43)39-25(13-8-18-34)29(44)38-23(11-6-16-32)27(42)36-21(20(3)40)9-4-14-30/h19,21-25,35H,4-18,30-34H2,1-3H3,(H,36,42)(H,37,41)(H,38,44)(H,39,43). The minimum atomic E-state index is -1.03. The van der Waals surface area contributed by atoms with Gasteiger partial charge in [-0.2, -0.15) is 0 Å². The molecule has 5 atom stereocenters. The van der Waals surface area contributed by atoms with Crippen molar-refractivity contribution in [2.45, 2.75) is 121 Å². The molecule has 0 aromatic heterocycles. The summed E-state index contributed by atoms with van der Waals surface area (Å²) in [7, 11) is 0. The van der Waals surface area contributed by atoms with Gasteiger partial charge in [0, 0.05) is 6.04 Å². The van der Waals surface area contributed by atoms with Crippen molar-refractivity contribution < 1.29 is 24.0 Å². The summed E-state index contributed by atoms with van der Waals surface area (Å²) in [5.74, 6) is -2.23. The van der Waals surface area contributed by atoms with Crippen molar-refractivity contribution in [3.63, 3.8) is 0 Å². The van der Waals surface area contributed by atoms with Crippen LogP contribution in [0.3, 0.4) is 0 Å². The van der Waals surface area contributed by atoms with Crippen LogP contribution in [0, 0.1) is 0 Å². The molecule has 0 radical (unpaired) electrons. The molecular formula is C29H60N10O5. The van der Waals surface area contributed by atoms with Crippen molar-refractivity contribution in [1.82, 2.24) is 26.6 Å². The predicted molar refractivity (Wildman–Crippen MR) is 172 cm³/mol. The Balaban J connectivity index is 5.85. The van der Waals surface area contributed by atoms with Crippen molar-refractivity contribution >= 4 is 29.4 Å². The third-order valence-electron chi connectivity index (χ3n) is 7.04. The van der Waals surface area contributed by atoms with E-state index in [9.17, 15) is 24.0 Å². The first-order valence-electron chi connectivity index (χ1n) is 15.9. The number of carbonyl (C=O) groups is 5. The maximum absolute atomic E-state index is 13.5. The Morgan fingerprint density at radius 1 is 0.455 bits per heavy atom. The minimum absolute atomic E-state index is 0.0278. The average Bonchev–Trinajstić information content (AvgIpc) is 2.98. The lowest BCUT2D eigenvalue weighted by atomic mass is 10.0. The van der Waals surface area contributed by atoms with E-state index in [0.29, 0.717) is 64.6 Å². The number of nitrogens with two attached hydrogens (primary N) is 5. The first kappa shape index (κ1) is 41.3. The van der Waals surface area contributed by atoms with Crippen LogP contribution < -0.4 is 55.3 Å². The number of nitrogens with one attached hydrogen (secondary N) is 5. The van der Waals surface area contributed by atoms with E-state index in [-0.39, 0.29) is 50.1 Å². The molecule has 5 unspecified atom stereocenters. The molecule has 15 heteroatoms. The molecule has 4 amide bonds. The van der Waals surface area contributed by atoms with Gasteiger partial charge in [-0.05, 0) is 104 Å². The van der Waals surface area contributed by atoms with Crippen LogP contribution >= 0.6 is 0 Å². The van der Waals surface area contributed by atoms with E-state index in [1.54, 1.807) is 0 Å². The predicted octanol–water partition coefficient (Wildman–Crippen LogP) is -2.42. The molecule has 0 saturated carbocycles. The highest BCUT2D eigenvalue weighted by Gasteiger charge is 2.31. The summed E-state index contributed by atoms with van der Waals surface area (Å²) >= 11 is 0.